The Morgan fingerprint density at radius 3 is 2.68 bits per heavy atom. The first-order chi connectivity index (χ1) is 8.90. The Kier molecular flexibility index (Phi) is 3.86. The highest BCUT2D eigenvalue weighted by atomic mass is 79.9. The number of rotatable bonds is 3. The van der Waals surface area contributed by atoms with Crippen LogP contribution in [0, 0.1) is 0 Å². The van der Waals surface area contributed by atoms with Crippen LogP contribution < -0.4 is 11.1 Å². The Balaban J connectivity index is 2.17. The first kappa shape index (κ1) is 14.0. The summed E-state index contributed by atoms with van der Waals surface area (Å²) in [6.45, 7) is 0. The molecule has 0 aromatic heterocycles. The van der Waals surface area contributed by atoms with Crippen LogP contribution in [0.5, 0.6) is 0 Å². The normalized spacial score (nSPS) is 18.8. The fourth-order valence-electron chi connectivity index (χ4n) is 1.87. The number of hydrogen-bond acceptors (Lipinski definition) is 4. The number of nitrogens with one attached hydrogen (secondary N) is 1. The van der Waals surface area contributed by atoms with E-state index in [1.54, 1.807) is 18.2 Å². The average molecular weight is 342 g/mol. The molecule has 0 bridgehead atoms. The molecule has 2 amide bonds. The van der Waals surface area contributed by atoms with Crippen LogP contribution in [0.15, 0.2) is 22.7 Å². The van der Waals surface area contributed by atoms with Gasteiger partial charge in [-0.1, -0.05) is 12.2 Å². The smallest absolute Gasteiger partial charge is 0.251 e. The van der Waals surface area contributed by atoms with Crippen molar-refractivity contribution in [1.82, 2.24) is 4.90 Å². The number of likely N-dealkylation sites (N-methyl/N-ethyl adjacent to an activating group) is 1. The first-order valence-corrected chi connectivity index (χ1v) is 6.76. The third-order valence-corrected chi connectivity index (χ3v) is 3.83. The Bertz CT molecular complexity index is 576. The lowest BCUT2D eigenvalue weighted by Gasteiger charge is -2.13. The van der Waals surface area contributed by atoms with Crippen molar-refractivity contribution in [3.63, 3.8) is 0 Å². The third-order valence-electron chi connectivity index (χ3n) is 2.96. The highest BCUT2D eigenvalue weighted by Crippen LogP contribution is 2.24. The number of nitrogens with zero attached hydrogens (tertiary/aromatic N) is 1. The van der Waals surface area contributed by atoms with Crippen molar-refractivity contribution in [2.45, 2.75) is 12.5 Å². The SMILES string of the molecule is CN1C(=O)CC(Nc2ccc(C(N)=S)c(Br)c2)C1=O. The van der Waals surface area contributed by atoms with Gasteiger partial charge < -0.3 is 11.1 Å². The minimum atomic E-state index is -0.514. The minimum Gasteiger partial charge on any atom is -0.389 e. The summed E-state index contributed by atoms with van der Waals surface area (Å²) in [6, 6.07) is 4.81. The monoisotopic (exact) mass is 341 g/mol. The predicted octanol–water partition coefficient (Wildman–Crippen LogP) is 1.25. The summed E-state index contributed by atoms with van der Waals surface area (Å²) in [4.78, 5) is 24.6. The molecule has 1 aromatic rings. The number of nitrogens with two attached hydrogens (primary N) is 1. The zero-order valence-corrected chi connectivity index (χ0v) is 12.5. The summed E-state index contributed by atoms with van der Waals surface area (Å²) in [5, 5.41) is 3.03. The summed E-state index contributed by atoms with van der Waals surface area (Å²) >= 11 is 8.27. The number of amides is 2. The molecule has 3 N–H and O–H groups in total. The predicted molar refractivity (Wildman–Crippen MR) is 79.8 cm³/mol. The second-order valence-electron chi connectivity index (χ2n) is 4.25. The van der Waals surface area contributed by atoms with Crippen LogP contribution in [-0.4, -0.2) is 34.8 Å². The molecule has 1 aliphatic heterocycles. The average Bonchev–Trinajstić information content (AvgIpc) is 2.57. The van der Waals surface area contributed by atoms with Crippen LogP contribution in [0.25, 0.3) is 0 Å². The zero-order chi connectivity index (χ0) is 14.2. The third kappa shape index (κ3) is 2.76. The molecule has 2 rings (SSSR count). The summed E-state index contributed by atoms with van der Waals surface area (Å²) in [6.07, 6.45) is 0.171. The van der Waals surface area contributed by atoms with E-state index in [2.05, 4.69) is 21.2 Å². The van der Waals surface area contributed by atoms with Gasteiger partial charge in [-0.2, -0.15) is 0 Å². The van der Waals surface area contributed by atoms with Crippen LogP contribution in [0.2, 0.25) is 0 Å². The van der Waals surface area contributed by atoms with Gasteiger partial charge in [0.05, 0.1) is 6.42 Å². The number of halogens is 1. The molecule has 1 saturated heterocycles. The van der Waals surface area contributed by atoms with Gasteiger partial charge in [0, 0.05) is 22.8 Å². The molecule has 100 valence electrons. The molecule has 1 fully saturated rings. The Labute approximate surface area is 124 Å². The maximum Gasteiger partial charge on any atom is 0.251 e. The second kappa shape index (κ2) is 5.26. The van der Waals surface area contributed by atoms with E-state index in [1.165, 1.54) is 7.05 Å². The second-order valence-corrected chi connectivity index (χ2v) is 5.55. The lowest BCUT2D eigenvalue weighted by Crippen LogP contribution is -2.31. The topological polar surface area (TPSA) is 75.4 Å². The minimum absolute atomic E-state index is 0.171. The summed E-state index contributed by atoms with van der Waals surface area (Å²) in [7, 11) is 1.48. The summed E-state index contributed by atoms with van der Waals surface area (Å²) in [5.74, 6) is -0.402. The Morgan fingerprint density at radius 2 is 2.21 bits per heavy atom. The lowest BCUT2D eigenvalue weighted by atomic mass is 10.2. The molecule has 19 heavy (non-hydrogen) atoms. The molecule has 7 heteroatoms. The largest absolute Gasteiger partial charge is 0.389 e. The van der Waals surface area contributed by atoms with E-state index >= 15 is 0 Å². The molecule has 5 nitrogen and oxygen atoms in total. The number of benzene rings is 1. The van der Waals surface area contributed by atoms with Gasteiger partial charge in [0.2, 0.25) is 5.91 Å². The number of imide groups is 1. The van der Waals surface area contributed by atoms with E-state index in [-0.39, 0.29) is 18.2 Å². The van der Waals surface area contributed by atoms with Gasteiger partial charge in [-0.3, -0.25) is 14.5 Å². The first-order valence-electron chi connectivity index (χ1n) is 5.56. The van der Waals surface area contributed by atoms with Gasteiger partial charge in [0.15, 0.2) is 0 Å². The fourth-order valence-corrected chi connectivity index (χ4v) is 2.78. The van der Waals surface area contributed by atoms with Crippen LogP contribution in [0.4, 0.5) is 5.69 Å². The van der Waals surface area contributed by atoms with Gasteiger partial charge in [0.1, 0.15) is 11.0 Å². The number of anilines is 1. The van der Waals surface area contributed by atoms with Crippen LogP contribution in [-0.2, 0) is 9.59 Å². The molecule has 1 unspecified atom stereocenters. The van der Waals surface area contributed by atoms with Crippen molar-refractivity contribution in [2.24, 2.45) is 5.73 Å². The van der Waals surface area contributed by atoms with Gasteiger partial charge in [0.25, 0.3) is 5.91 Å². The van der Waals surface area contributed by atoms with Gasteiger partial charge in [-0.25, -0.2) is 0 Å². The van der Waals surface area contributed by atoms with Crippen molar-refractivity contribution in [2.75, 3.05) is 12.4 Å². The van der Waals surface area contributed by atoms with Gasteiger partial charge >= 0.3 is 0 Å². The summed E-state index contributed by atoms with van der Waals surface area (Å²) in [5.41, 5.74) is 7.02. The van der Waals surface area contributed by atoms with E-state index in [1.807, 2.05) is 0 Å². The molecule has 1 heterocycles. The van der Waals surface area contributed by atoms with E-state index in [4.69, 9.17) is 18.0 Å². The van der Waals surface area contributed by atoms with Crippen molar-refractivity contribution in [1.29, 1.82) is 0 Å². The molecule has 0 spiro atoms. The van der Waals surface area contributed by atoms with E-state index in [0.29, 0.717) is 4.99 Å². The van der Waals surface area contributed by atoms with Gasteiger partial charge in [-0.15, -0.1) is 0 Å². The molecule has 1 aliphatic rings. The highest BCUT2D eigenvalue weighted by Gasteiger charge is 2.35. The number of hydrogen-bond donors (Lipinski definition) is 2. The molecule has 0 saturated carbocycles. The zero-order valence-electron chi connectivity index (χ0n) is 10.1. The molecule has 1 aromatic carbocycles. The molecule has 1 atom stereocenters. The van der Waals surface area contributed by atoms with Gasteiger partial charge in [-0.05, 0) is 34.1 Å². The molecule has 0 aliphatic carbocycles. The van der Waals surface area contributed by atoms with Crippen molar-refractivity contribution >= 4 is 50.6 Å². The summed E-state index contributed by atoms with van der Waals surface area (Å²) < 4.78 is 0.745. The maximum absolute atomic E-state index is 11.8. The standard InChI is InChI=1S/C12H12BrN3O2S/c1-16-10(17)5-9(12(16)18)15-6-2-3-7(11(14)19)8(13)4-6/h2-4,9,15H,5H2,1H3,(H2,14,19). The van der Waals surface area contributed by atoms with E-state index in [9.17, 15) is 9.59 Å². The number of likely N-dealkylation sites (tertiary alicyclic amines) is 1. The van der Waals surface area contributed by atoms with E-state index in [0.717, 1.165) is 20.6 Å². The van der Waals surface area contributed by atoms with E-state index < -0.39 is 6.04 Å². The Hall–Kier alpha value is -1.47. The van der Waals surface area contributed by atoms with Crippen molar-refractivity contribution < 1.29 is 9.59 Å². The molecular weight excluding hydrogens is 330 g/mol. The quantitative estimate of drug-likeness (QED) is 0.639. The van der Waals surface area contributed by atoms with Crippen LogP contribution >= 0.6 is 28.1 Å². The van der Waals surface area contributed by atoms with Crippen molar-refractivity contribution in [3.05, 3.63) is 28.2 Å². The number of thiocarbonyl (C=S) groups is 1. The van der Waals surface area contributed by atoms with Crippen molar-refractivity contribution in [3.8, 4) is 0 Å². The fraction of sp³-hybridized carbons (Fsp3) is 0.250. The Morgan fingerprint density at radius 1 is 1.53 bits per heavy atom. The van der Waals surface area contributed by atoms with Crippen LogP contribution in [0.1, 0.15) is 12.0 Å². The number of carbonyl (C=O) groups is 2. The highest BCUT2D eigenvalue weighted by molar-refractivity contribution is 9.10. The van der Waals surface area contributed by atoms with Crippen LogP contribution in [0.3, 0.4) is 0 Å². The molecule has 0 radical (unpaired) electrons. The number of carbonyl (C=O) groups excluding carboxylic acids is 2. The molecular formula is C12H12BrN3O2S. The maximum atomic E-state index is 11.8. The lowest BCUT2D eigenvalue weighted by molar-refractivity contribution is -0.136.